The summed E-state index contributed by atoms with van der Waals surface area (Å²) in [5, 5.41) is 12.1. The second kappa shape index (κ2) is 7.58. The van der Waals surface area contributed by atoms with Crippen LogP contribution in [0.25, 0.3) is 6.08 Å². The zero-order valence-corrected chi connectivity index (χ0v) is 13.7. The molecule has 0 spiro atoms. The Balaban J connectivity index is 2.14. The first kappa shape index (κ1) is 16.0. The first-order valence-corrected chi connectivity index (χ1v) is 7.62. The molecule has 0 radical (unpaired) electrons. The topological polar surface area (TPSA) is 52.9 Å². The Kier molecular flexibility index (Phi) is 5.51. The van der Waals surface area contributed by atoms with Gasteiger partial charge >= 0.3 is 0 Å². The van der Waals surface area contributed by atoms with Crippen LogP contribution in [0.15, 0.2) is 64.6 Å². The van der Waals surface area contributed by atoms with Crippen LogP contribution in [0, 0.1) is 11.3 Å². The standard InChI is InChI=1S/C18H15BrN2O/c1-13(15-7-3-2-4-8-15)21-18(22)16(12-20)10-14-6-5-9-17(19)11-14/h2-11,13H,1H3,(H,21,22)/b16-10+/t13-/m0/s1. The van der Waals surface area contributed by atoms with E-state index in [4.69, 9.17) is 0 Å². The van der Waals surface area contributed by atoms with Crippen molar-refractivity contribution in [2.75, 3.05) is 0 Å². The molecule has 4 heteroatoms. The Morgan fingerprint density at radius 1 is 1.23 bits per heavy atom. The Morgan fingerprint density at radius 3 is 2.59 bits per heavy atom. The van der Waals surface area contributed by atoms with E-state index in [-0.39, 0.29) is 17.5 Å². The molecule has 1 atom stereocenters. The predicted molar refractivity (Wildman–Crippen MR) is 90.7 cm³/mol. The van der Waals surface area contributed by atoms with Crippen molar-refractivity contribution in [3.05, 3.63) is 75.8 Å². The second-order valence-electron chi connectivity index (χ2n) is 4.83. The molecular weight excluding hydrogens is 340 g/mol. The number of nitrogens with one attached hydrogen (secondary N) is 1. The van der Waals surface area contributed by atoms with Gasteiger partial charge in [0, 0.05) is 4.47 Å². The molecule has 3 nitrogen and oxygen atoms in total. The first-order valence-electron chi connectivity index (χ1n) is 6.83. The molecule has 1 amide bonds. The van der Waals surface area contributed by atoms with Gasteiger partial charge in [0.1, 0.15) is 11.6 Å². The maximum Gasteiger partial charge on any atom is 0.262 e. The molecule has 0 fully saturated rings. The summed E-state index contributed by atoms with van der Waals surface area (Å²) in [6.45, 7) is 1.89. The van der Waals surface area contributed by atoms with Crippen molar-refractivity contribution in [2.24, 2.45) is 0 Å². The van der Waals surface area contributed by atoms with Gasteiger partial charge in [-0.2, -0.15) is 5.26 Å². The van der Waals surface area contributed by atoms with E-state index in [1.54, 1.807) is 6.08 Å². The van der Waals surface area contributed by atoms with Crippen molar-refractivity contribution in [2.45, 2.75) is 13.0 Å². The fourth-order valence-electron chi connectivity index (χ4n) is 2.01. The SMILES string of the molecule is C[C@H](NC(=O)/C(C#N)=C/c1cccc(Br)c1)c1ccccc1. The average Bonchev–Trinajstić information content (AvgIpc) is 2.53. The minimum Gasteiger partial charge on any atom is -0.345 e. The molecule has 0 saturated heterocycles. The quantitative estimate of drug-likeness (QED) is 0.659. The summed E-state index contributed by atoms with van der Waals surface area (Å²) in [4.78, 5) is 12.2. The fourth-order valence-corrected chi connectivity index (χ4v) is 2.43. The van der Waals surface area contributed by atoms with Crippen molar-refractivity contribution in [1.82, 2.24) is 5.32 Å². The Labute approximate surface area is 138 Å². The lowest BCUT2D eigenvalue weighted by Gasteiger charge is -2.13. The number of carbonyl (C=O) groups excluding carboxylic acids is 1. The number of nitrogens with zero attached hydrogens (tertiary/aromatic N) is 1. The Morgan fingerprint density at radius 2 is 1.95 bits per heavy atom. The zero-order valence-electron chi connectivity index (χ0n) is 12.1. The van der Waals surface area contributed by atoms with Gasteiger partial charge in [0.05, 0.1) is 6.04 Å². The van der Waals surface area contributed by atoms with Gasteiger partial charge < -0.3 is 5.32 Å². The highest BCUT2D eigenvalue weighted by Crippen LogP contribution is 2.16. The first-order chi connectivity index (χ1) is 10.6. The van der Waals surface area contributed by atoms with Gasteiger partial charge in [0.15, 0.2) is 0 Å². The summed E-state index contributed by atoms with van der Waals surface area (Å²) in [7, 11) is 0. The van der Waals surface area contributed by atoms with Crippen LogP contribution >= 0.6 is 15.9 Å². The molecule has 22 heavy (non-hydrogen) atoms. The van der Waals surface area contributed by atoms with Crippen LogP contribution in [0.1, 0.15) is 24.1 Å². The molecule has 0 aliphatic carbocycles. The maximum atomic E-state index is 12.2. The van der Waals surface area contributed by atoms with Gasteiger partial charge in [-0.15, -0.1) is 0 Å². The largest absolute Gasteiger partial charge is 0.345 e. The van der Waals surface area contributed by atoms with E-state index in [1.165, 1.54) is 0 Å². The van der Waals surface area contributed by atoms with Crippen LogP contribution in [-0.2, 0) is 4.79 Å². The molecule has 2 aromatic carbocycles. The highest BCUT2D eigenvalue weighted by atomic mass is 79.9. The molecule has 0 heterocycles. The minimum atomic E-state index is -0.376. The number of benzene rings is 2. The van der Waals surface area contributed by atoms with E-state index in [2.05, 4.69) is 21.2 Å². The highest BCUT2D eigenvalue weighted by molar-refractivity contribution is 9.10. The molecule has 110 valence electrons. The van der Waals surface area contributed by atoms with Crippen LogP contribution in [0.5, 0.6) is 0 Å². The molecule has 0 aliphatic heterocycles. The van der Waals surface area contributed by atoms with E-state index in [9.17, 15) is 10.1 Å². The van der Waals surface area contributed by atoms with Crippen LogP contribution in [0.2, 0.25) is 0 Å². The normalized spacial score (nSPS) is 12.3. The number of amides is 1. The van der Waals surface area contributed by atoms with Crippen molar-refractivity contribution in [3.63, 3.8) is 0 Å². The summed E-state index contributed by atoms with van der Waals surface area (Å²) in [6, 6.07) is 18.9. The smallest absolute Gasteiger partial charge is 0.262 e. The maximum absolute atomic E-state index is 12.2. The van der Waals surface area contributed by atoms with Crippen LogP contribution in [0.4, 0.5) is 0 Å². The molecule has 0 aromatic heterocycles. The van der Waals surface area contributed by atoms with Crippen LogP contribution in [-0.4, -0.2) is 5.91 Å². The lowest BCUT2D eigenvalue weighted by atomic mass is 10.1. The van der Waals surface area contributed by atoms with Crippen molar-refractivity contribution in [1.29, 1.82) is 5.26 Å². The van der Waals surface area contributed by atoms with Crippen molar-refractivity contribution >= 4 is 27.9 Å². The molecule has 2 rings (SSSR count). The third kappa shape index (κ3) is 4.31. The van der Waals surface area contributed by atoms with Crippen molar-refractivity contribution in [3.8, 4) is 6.07 Å². The molecular formula is C18H15BrN2O. The van der Waals surface area contributed by atoms with Gasteiger partial charge in [-0.1, -0.05) is 58.4 Å². The summed E-state index contributed by atoms with van der Waals surface area (Å²) in [5.41, 5.74) is 1.88. The Bertz CT molecular complexity index is 732. The van der Waals surface area contributed by atoms with Gasteiger partial charge in [-0.25, -0.2) is 0 Å². The van der Waals surface area contributed by atoms with Gasteiger partial charge in [-0.05, 0) is 36.3 Å². The van der Waals surface area contributed by atoms with Crippen LogP contribution < -0.4 is 5.32 Å². The monoisotopic (exact) mass is 354 g/mol. The molecule has 0 bridgehead atoms. The van der Waals surface area contributed by atoms with E-state index in [0.29, 0.717) is 0 Å². The number of rotatable bonds is 4. The van der Waals surface area contributed by atoms with E-state index < -0.39 is 0 Å². The van der Waals surface area contributed by atoms with Gasteiger partial charge in [0.2, 0.25) is 0 Å². The Hall–Kier alpha value is -2.38. The number of carbonyl (C=O) groups is 1. The van der Waals surface area contributed by atoms with Crippen LogP contribution in [0.3, 0.4) is 0 Å². The summed E-state index contributed by atoms with van der Waals surface area (Å²) < 4.78 is 0.900. The third-order valence-corrected chi connectivity index (χ3v) is 3.67. The summed E-state index contributed by atoms with van der Waals surface area (Å²) in [5.74, 6) is -0.376. The number of nitriles is 1. The molecule has 2 aromatic rings. The highest BCUT2D eigenvalue weighted by Gasteiger charge is 2.13. The van der Waals surface area contributed by atoms with E-state index in [0.717, 1.165) is 15.6 Å². The summed E-state index contributed by atoms with van der Waals surface area (Å²) in [6.07, 6.45) is 1.58. The predicted octanol–water partition coefficient (Wildman–Crippen LogP) is 4.23. The average molecular weight is 355 g/mol. The minimum absolute atomic E-state index is 0.0841. The summed E-state index contributed by atoms with van der Waals surface area (Å²) >= 11 is 3.37. The lowest BCUT2D eigenvalue weighted by molar-refractivity contribution is -0.117. The molecule has 0 aliphatic rings. The third-order valence-electron chi connectivity index (χ3n) is 3.17. The lowest BCUT2D eigenvalue weighted by Crippen LogP contribution is -2.27. The number of hydrogen-bond acceptors (Lipinski definition) is 2. The van der Waals surface area contributed by atoms with Gasteiger partial charge in [0.25, 0.3) is 5.91 Å². The molecule has 1 N–H and O–H groups in total. The fraction of sp³-hybridized carbons (Fsp3) is 0.111. The number of halogens is 1. The van der Waals surface area contributed by atoms with Crippen molar-refractivity contribution < 1.29 is 4.79 Å². The zero-order chi connectivity index (χ0) is 15.9. The second-order valence-corrected chi connectivity index (χ2v) is 5.75. The molecule has 0 unspecified atom stereocenters. The van der Waals surface area contributed by atoms with E-state index in [1.807, 2.05) is 67.6 Å². The molecule has 0 saturated carbocycles. The van der Waals surface area contributed by atoms with Gasteiger partial charge in [-0.3, -0.25) is 4.79 Å². The van der Waals surface area contributed by atoms with E-state index >= 15 is 0 Å². The number of hydrogen-bond donors (Lipinski definition) is 1.